The molecular formula is C18H23N5O. The van der Waals surface area contributed by atoms with Gasteiger partial charge in [0.1, 0.15) is 0 Å². The SMILES string of the molecule is CCn1cc(CN2CC[C@H]3[C@@H]2CC(=O)N3Cc2cccnc2)cn1. The molecule has 1 amide bonds. The fourth-order valence-corrected chi connectivity index (χ4v) is 4.00. The Morgan fingerprint density at radius 3 is 2.88 bits per heavy atom. The summed E-state index contributed by atoms with van der Waals surface area (Å²) < 4.78 is 1.96. The lowest BCUT2D eigenvalue weighted by Gasteiger charge is -2.25. The number of pyridine rings is 1. The highest BCUT2D eigenvalue weighted by atomic mass is 16.2. The Balaban J connectivity index is 1.44. The van der Waals surface area contributed by atoms with Gasteiger partial charge < -0.3 is 4.90 Å². The van der Waals surface area contributed by atoms with Crippen molar-refractivity contribution in [1.29, 1.82) is 0 Å². The summed E-state index contributed by atoms with van der Waals surface area (Å²) in [6, 6.07) is 4.64. The van der Waals surface area contributed by atoms with E-state index in [0.717, 1.165) is 31.6 Å². The smallest absolute Gasteiger partial charge is 0.224 e. The monoisotopic (exact) mass is 325 g/mol. The lowest BCUT2D eigenvalue weighted by molar-refractivity contribution is -0.129. The zero-order valence-electron chi connectivity index (χ0n) is 14.0. The number of carbonyl (C=O) groups excluding carboxylic acids is 1. The quantitative estimate of drug-likeness (QED) is 0.839. The van der Waals surface area contributed by atoms with Crippen LogP contribution in [0, 0.1) is 0 Å². The van der Waals surface area contributed by atoms with Crippen LogP contribution in [0.1, 0.15) is 30.9 Å². The fraction of sp³-hybridized carbons (Fsp3) is 0.500. The van der Waals surface area contributed by atoms with Crippen LogP contribution in [0.3, 0.4) is 0 Å². The summed E-state index contributed by atoms with van der Waals surface area (Å²) in [6.07, 6.45) is 9.36. The molecule has 0 bridgehead atoms. The number of fused-ring (bicyclic) bond motifs is 1. The number of carbonyl (C=O) groups is 1. The van der Waals surface area contributed by atoms with Gasteiger partial charge in [-0.3, -0.25) is 19.4 Å². The third-order valence-electron chi connectivity index (χ3n) is 5.20. The van der Waals surface area contributed by atoms with Crippen LogP contribution < -0.4 is 0 Å². The molecule has 2 aromatic rings. The minimum atomic E-state index is 0.266. The molecule has 4 heterocycles. The van der Waals surface area contributed by atoms with Crippen molar-refractivity contribution in [2.75, 3.05) is 6.54 Å². The minimum absolute atomic E-state index is 0.266. The van der Waals surface area contributed by atoms with Gasteiger partial charge in [0.15, 0.2) is 0 Å². The van der Waals surface area contributed by atoms with E-state index in [2.05, 4.69) is 33.0 Å². The van der Waals surface area contributed by atoms with Crippen molar-refractivity contribution in [3.63, 3.8) is 0 Å². The molecule has 0 saturated carbocycles. The number of hydrogen-bond donors (Lipinski definition) is 0. The maximum absolute atomic E-state index is 12.5. The van der Waals surface area contributed by atoms with E-state index in [-0.39, 0.29) is 5.91 Å². The molecule has 2 aromatic heterocycles. The van der Waals surface area contributed by atoms with E-state index in [1.807, 2.05) is 29.2 Å². The molecule has 6 nitrogen and oxygen atoms in total. The van der Waals surface area contributed by atoms with Crippen molar-refractivity contribution < 1.29 is 4.79 Å². The molecule has 2 aliphatic heterocycles. The van der Waals surface area contributed by atoms with E-state index in [1.165, 1.54) is 5.56 Å². The summed E-state index contributed by atoms with van der Waals surface area (Å²) in [6.45, 7) is 5.59. The van der Waals surface area contributed by atoms with Crippen LogP contribution in [0.25, 0.3) is 0 Å². The third-order valence-corrected chi connectivity index (χ3v) is 5.20. The number of rotatable bonds is 5. The molecule has 0 radical (unpaired) electrons. The van der Waals surface area contributed by atoms with Gasteiger partial charge in [-0.25, -0.2) is 0 Å². The topological polar surface area (TPSA) is 54.3 Å². The molecule has 0 aliphatic carbocycles. The van der Waals surface area contributed by atoms with Crippen molar-refractivity contribution in [2.45, 2.75) is 51.5 Å². The zero-order valence-corrected chi connectivity index (χ0v) is 14.0. The Hall–Kier alpha value is -2.21. The predicted molar refractivity (Wildman–Crippen MR) is 89.9 cm³/mol. The lowest BCUT2D eigenvalue weighted by atomic mass is 10.1. The first-order valence-electron chi connectivity index (χ1n) is 8.68. The molecule has 4 rings (SSSR count). The molecule has 2 atom stereocenters. The van der Waals surface area contributed by atoms with Crippen molar-refractivity contribution >= 4 is 5.91 Å². The lowest BCUT2D eigenvalue weighted by Crippen LogP contribution is -2.36. The maximum atomic E-state index is 12.5. The van der Waals surface area contributed by atoms with Crippen molar-refractivity contribution in [1.82, 2.24) is 24.6 Å². The van der Waals surface area contributed by atoms with Gasteiger partial charge in [0, 0.05) is 68.8 Å². The maximum Gasteiger partial charge on any atom is 0.224 e. The van der Waals surface area contributed by atoms with E-state index >= 15 is 0 Å². The van der Waals surface area contributed by atoms with Gasteiger partial charge in [-0.15, -0.1) is 0 Å². The molecule has 0 spiro atoms. The Morgan fingerprint density at radius 2 is 2.12 bits per heavy atom. The number of hydrogen-bond acceptors (Lipinski definition) is 4. The molecule has 2 aliphatic rings. The Bertz CT molecular complexity index is 713. The van der Waals surface area contributed by atoms with Crippen LogP contribution in [0.15, 0.2) is 36.9 Å². The first-order valence-corrected chi connectivity index (χ1v) is 8.68. The molecule has 6 heteroatoms. The van der Waals surface area contributed by atoms with Crippen LogP contribution >= 0.6 is 0 Å². The van der Waals surface area contributed by atoms with Crippen molar-refractivity contribution in [3.8, 4) is 0 Å². The molecular weight excluding hydrogens is 302 g/mol. The van der Waals surface area contributed by atoms with E-state index in [9.17, 15) is 4.79 Å². The van der Waals surface area contributed by atoms with Crippen LogP contribution in [0.2, 0.25) is 0 Å². The van der Waals surface area contributed by atoms with Crippen molar-refractivity contribution in [3.05, 3.63) is 48.0 Å². The van der Waals surface area contributed by atoms with E-state index in [0.29, 0.717) is 25.0 Å². The zero-order chi connectivity index (χ0) is 16.5. The van der Waals surface area contributed by atoms with E-state index in [4.69, 9.17) is 0 Å². The van der Waals surface area contributed by atoms with Gasteiger partial charge in [0.05, 0.1) is 6.20 Å². The first kappa shape index (κ1) is 15.3. The first-order chi connectivity index (χ1) is 11.7. The summed E-state index contributed by atoms with van der Waals surface area (Å²) in [4.78, 5) is 21.2. The standard InChI is InChI=1S/C18H23N5O/c1-2-22-12-15(10-20-22)11-21-7-5-16-17(21)8-18(24)23(16)13-14-4-3-6-19-9-14/h3-4,6,9-10,12,16-17H,2,5,7-8,11,13H2,1H3/t16-,17-/m0/s1. The minimum Gasteiger partial charge on any atom is -0.334 e. The highest BCUT2D eigenvalue weighted by Gasteiger charge is 2.46. The highest BCUT2D eigenvalue weighted by molar-refractivity contribution is 5.80. The van der Waals surface area contributed by atoms with Crippen LogP contribution in [-0.2, 0) is 24.4 Å². The number of amides is 1. The van der Waals surface area contributed by atoms with E-state index in [1.54, 1.807) is 6.20 Å². The second kappa shape index (κ2) is 6.36. The number of aromatic nitrogens is 3. The second-order valence-corrected chi connectivity index (χ2v) is 6.69. The largest absolute Gasteiger partial charge is 0.334 e. The van der Waals surface area contributed by atoms with Gasteiger partial charge >= 0.3 is 0 Å². The van der Waals surface area contributed by atoms with Crippen LogP contribution in [0.4, 0.5) is 0 Å². The number of aryl methyl sites for hydroxylation is 1. The van der Waals surface area contributed by atoms with Gasteiger partial charge in [-0.2, -0.15) is 5.10 Å². The van der Waals surface area contributed by atoms with Gasteiger partial charge in [-0.05, 0) is 25.0 Å². The molecule has 2 fully saturated rings. The molecule has 0 aromatic carbocycles. The fourth-order valence-electron chi connectivity index (χ4n) is 4.00. The van der Waals surface area contributed by atoms with Crippen LogP contribution in [0.5, 0.6) is 0 Å². The summed E-state index contributed by atoms with van der Waals surface area (Å²) in [5, 5.41) is 4.35. The average Bonchev–Trinajstić information content (AvgIpc) is 3.28. The van der Waals surface area contributed by atoms with Gasteiger partial charge in [0.25, 0.3) is 0 Å². The second-order valence-electron chi connectivity index (χ2n) is 6.69. The summed E-state index contributed by atoms with van der Waals surface area (Å²) >= 11 is 0. The molecule has 126 valence electrons. The Labute approximate surface area is 142 Å². The molecule has 0 N–H and O–H groups in total. The molecule has 0 unspecified atom stereocenters. The highest BCUT2D eigenvalue weighted by Crippen LogP contribution is 2.34. The molecule has 24 heavy (non-hydrogen) atoms. The summed E-state index contributed by atoms with van der Waals surface area (Å²) in [7, 11) is 0. The van der Waals surface area contributed by atoms with Gasteiger partial charge in [-0.1, -0.05) is 6.07 Å². The normalized spacial score (nSPS) is 23.9. The molecule has 2 saturated heterocycles. The van der Waals surface area contributed by atoms with Crippen molar-refractivity contribution in [2.24, 2.45) is 0 Å². The summed E-state index contributed by atoms with van der Waals surface area (Å²) in [5.74, 6) is 0.266. The predicted octanol–water partition coefficient (Wildman–Crippen LogP) is 1.67. The Morgan fingerprint density at radius 1 is 1.21 bits per heavy atom. The summed E-state index contributed by atoms with van der Waals surface area (Å²) in [5.41, 5.74) is 2.34. The van der Waals surface area contributed by atoms with E-state index < -0.39 is 0 Å². The number of likely N-dealkylation sites (tertiary alicyclic amines) is 2. The van der Waals surface area contributed by atoms with Gasteiger partial charge in [0.2, 0.25) is 5.91 Å². The Kier molecular flexibility index (Phi) is 4.06. The van der Waals surface area contributed by atoms with Crippen LogP contribution in [-0.4, -0.2) is 49.1 Å². The average molecular weight is 325 g/mol. The third kappa shape index (κ3) is 2.82. The number of nitrogens with zero attached hydrogens (tertiary/aromatic N) is 5.